The summed E-state index contributed by atoms with van der Waals surface area (Å²) in [6.07, 6.45) is 5.69. The van der Waals surface area contributed by atoms with Gasteiger partial charge in [0.15, 0.2) is 0 Å². The first kappa shape index (κ1) is 12.9. The number of piperidine rings is 1. The molecule has 0 aromatic heterocycles. The third-order valence-electron chi connectivity index (χ3n) is 3.45. The van der Waals surface area contributed by atoms with Gasteiger partial charge in [0.05, 0.1) is 12.0 Å². The Morgan fingerprint density at radius 3 is 2.78 bits per heavy atom. The molecule has 2 rings (SSSR count). The quantitative estimate of drug-likeness (QED) is 0.610. The monoisotopic (exact) mass is 253 g/mol. The van der Waals surface area contributed by atoms with Crippen molar-refractivity contribution in [2.24, 2.45) is 11.7 Å². The van der Waals surface area contributed by atoms with Crippen molar-refractivity contribution < 1.29 is 14.7 Å². The highest BCUT2D eigenvalue weighted by Crippen LogP contribution is 2.18. The summed E-state index contributed by atoms with van der Waals surface area (Å²) in [6.45, 7) is 1.29. The predicted molar refractivity (Wildman–Crippen MR) is 66.0 cm³/mol. The summed E-state index contributed by atoms with van der Waals surface area (Å²) in [6, 6.07) is -0.280. The van der Waals surface area contributed by atoms with Crippen molar-refractivity contribution in [2.75, 3.05) is 13.1 Å². The van der Waals surface area contributed by atoms with Gasteiger partial charge >= 0.3 is 12.0 Å². The molecule has 100 valence electrons. The van der Waals surface area contributed by atoms with Gasteiger partial charge in [-0.2, -0.15) is 0 Å². The van der Waals surface area contributed by atoms with Gasteiger partial charge in [0.25, 0.3) is 0 Å². The van der Waals surface area contributed by atoms with E-state index < -0.39 is 11.9 Å². The zero-order valence-electron chi connectivity index (χ0n) is 10.2. The van der Waals surface area contributed by atoms with E-state index in [9.17, 15) is 9.59 Å². The maximum atomic E-state index is 12.0. The Balaban J connectivity index is 1.82. The van der Waals surface area contributed by atoms with Crippen molar-refractivity contribution >= 4 is 12.0 Å². The normalized spacial score (nSPS) is 31.4. The Bertz CT molecular complexity index is 370. The summed E-state index contributed by atoms with van der Waals surface area (Å²) in [5.41, 5.74) is 5.82. The number of carboxylic acids is 1. The number of likely N-dealkylation sites (tertiary alicyclic amines) is 1. The first-order valence-electron chi connectivity index (χ1n) is 6.28. The molecule has 1 saturated heterocycles. The molecule has 1 fully saturated rings. The third kappa shape index (κ3) is 3.01. The molecule has 3 atom stereocenters. The summed E-state index contributed by atoms with van der Waals surface area (Å²) in [5, 5.41) is 11.7. The molecule has 1 aliphatic carbocycles. The summed E-state index contributed by atoms with van der Waals surface area (Å²) < 4.78 is 0. The molecule has 0 radical (unpaired) electrons. The number of carbonyl (C=O) groups excluding carboxylic acids is 1. The van der Waals surface area contributed by atoms with E-state index in [2.05, 4.69) is 5.32 Å². The van der Waals surface area contributed by atoms with Gasteiger partial charge in [-0.25, -0.2) is 4.79 Å². The maximum absolute atomic E-state index is 12.0. The fourth-order valence-electron chi connectivity index (χ4n) is 2.43. The van der Waals surface area contributed by atoms with E-state index in [1.54, 1.807) is 17.1 Å². The van der Waals surface area contributed by atoms with Gasteiger partial charge < -0.3 is 21.1 Å². The second kappa shape index (κ2) is 5.39. The van der Waals surface area contributed by atoms with E-state index in [0.717, 1.165) is 19.4 Å². The van der Waals surface area contributed by atoms with Gasteiger partial charge in [0.1, 0.15) is 0 Å². The lowest BCUT2D eigenvalue weighted by atomic mass is 10.1. The van der Waals surface area contributed by atoms with Crippen molar-refractivity contribution in [1.82, 2.24) is 10.2 Å². The SMILES string of the molecule is NC1CCCN(C(=O)NC2C=CC(C(=O)O)C2)C1. The molecule has 1 aliphatic heterocycles. The maximum Gasteiger partial charge on any atom is 0.317 e. The van der Waals surface area contributed by atoms with Crippen LogP contribution in [0.5, 0.6) is 0 Å². The molecule has 18 heavy (non-hydrogen) atoms. The minimum Gasteiger partial charge on any atom is -0.481 e. The van der Waals surface area contributed by atoms with Crippen LogP contribution in [0.1, 0.15) is 19.3 Å². The molecular formula is C12H19N3O3. The number of nitrogens with one attached hydrogen (secondary N) is 1. The second-order valence-corrected chi connectivity index (χ2v) is 4.97. The Hall–Kier alpha value is -1.56. The molecule has 0 bridgehead atoms. The molecule has 0 saturated carbocycles. The van der Waals surface area contributed by atoms with Crippen molar-refractivity contribution in [1.29, 1.82) is 0 Å². The smallest absolute Gasteiger partial charge is 0.317 e. The van der Waals surface area contributed by atoms with Gasteiger partial charge in [-0.3, -0.25) is 4.79 Å². The molecule has 6 nitrogen and oxygen atoms in total. The highest BCUT2D eigenvalue weighted by molar-refractivity contribution is 5.76. The summed E-state index contributed by atoms with van der Waals surface area (Å²) in [7, 11) is 0. The molecular weight excluding hydrogens is 234 g/mol. The van der Waals surface area contributed by atoms with Crippen LogP contribution in [0, 0.1) is 5.92 Å². The lowest BCUT2D eigenvalue weighted by molar-refractivity contribution is -0.140. The van der Waals surface area contributed by atoms with Crippen LogP contribution in [-0.2, 0) is 4.79 Å². The summed E-state index contributed by atoms with van der Waals surface area (Å²) in [5.74, 6) is -1.33. The highest BCUT2D eigenvalue weighted by Gasteiger charge is 2.28. The first-order chi connectivity index (χ1) is 8.56. The Morgan fingerprint density at radius 1 is 1.39 bits per heavy atom. The largest absolute Gasteiger partial charge is 0.481 e. The lowest BCUT2D eigenvalue weighted by Crippen LogP contribution is -2.51. The van der Waals surface area contributed by atoms with Crippen molar-refractivity contribution in [3.05, 3.63) is 12.2 Å². The number of nitrogens with zero attached hydrogens (tertiary/aromatic N) is 1. The van der Waals surface area contributed by atoms with E-state index in [1.807, 2.05) is 0 Å². The Kier molecular flexibility index (Phi) is 3.86. The highest BCUT2D eigenvalue weighted by atomic mass is 16.4. The van der Waals surface area contributed by atoms with Crippen LogP contribution in [-0.4, -0.2) is 47.2 Å². The van der Waals surface area contributed by atoms with Crippen LogP contribution in [0.3, 0.4) is 0 Å². The number of urea groups is 1. The molecule has 2 aliphatic rings. The number of amides is 2. The summed E-state index contributed by atoms with van der Waals surface area (Å²) >= 11 is 0. The van der Waals surface area contributed by atoms with Crippen LogP contribution in [0.15, 0.2) is 12.2 Å². The number of hydrogen-bond acceptors (Lipinski definition) is 3. The van der Waals surface area contributed by atoms with E-state index in [1.165, 1.54) is 0 Å². The summed E-state index contributed by atoms with van der Waals surface area (Å²) in [4.78, 5) is 24.4. The molecule has 4 N–H and O–H groups in total. The number of nitrogens with two attached hydrogens (primary N) is 1. The van der Waals surface area contributed by atoms with Crippen molar-refractivity contribution in [3.63, 3.8) is 0 Å². The number of carbonyl (C=O) groups is 2. The average molecular weight is 253 g/mol. The molecule has 6 heteroatoms. The fourth-order valence-corrected chi connectivity index (χ4v) is 2.43. The number of aliphatic carboxylic acids is 1. The zero-order chi connectivity index (χ0) is 13.1. The van der Waals surface area contributed by atoms with E-state index in [0.29, 0.717) is 13.0 Å². The third-order valence-corrected chi connectivity index (χ3v) is 3.45. The van der Waals surface area contributed by atoms with E-state index in [-0.39, 0.29) is 18.1 Å². The minimum absolute atomic E-state index is 0.0513. The van der Waals surface area contributed by atoms with Gasteiger partial charge in [-0.05, 0) is 19.3 Å². The van der Waals surface area contributed by atoms with Crippen LogP contribution in [0.4, 0.5) is 4.79 Å². The van der Waals surface area contributed by atoms with E-state index >= 15 is 0 Å². The topological polar surface area (TPSA) is 95.7 Å². The van der Waals surface area contributed by atoms with E-state index in [4.69, 9.17) is 10.8 Å². The number of carboxylic acid groups (broad SMARTS) is 1. The zero-order valence-corrected chi connectivity index (χ0v) is 10.2. The van der Waals surface area contributed by atoms with Crippen LogP contribution >= 0.6 is 0 Å². The van der Waals surface area contributed by atoms with Gasteiger partial charge in [0.2, 0.25) is 0 Å². The van der Waals surface area contributed by atoms with Crippen LogP contribution in [0.2, 0.25) is 0 Å². The molecule has 2 amide bonds. The van der Waals surface area contributed by atoms with Crippen molar-refractivity contribution in [3.8, 4) is 0 Å². The Morgan fingerprint density at radius 2 is 2.17 bits per heavy atom. The number of rotatable bonds is 2. The molecule has 1 heterocycles. The second-order valence-electron chi connectivity index (χ2n) is 4.97. The first-order valence-corrected chi connectivity index (χ1v) is 6.28. The lowest BCUT2D eigenvalue weighted by Gasteiger charge is -2.31. The van der Waals surface area contributed by atoms with Crippen molar-refractivity contribution in [2.45, 2.75) is 31.3 Å². The molecule has 0 aromatic rings. The molecule has 3 unspecified atom stereocenters. The predicted octanol–water partition coefficient (Wildman–Crippen LogP) is 0.148. The van der Waals surface area contributed by atoms with Crippen LogP contribution < -0.4 is 11.1 Å². The number of hydrogen-bond donors (Lipinski definition) is 3. The molecule has 0 aromatic carbocycles. The van der Waals surface area contributed by atoms with Gasteiger partial charge in [-0.15, -0.1) is 0 Å². The molecule has 0 spiro atoms. The standard InChI is InChI=1S/C12H19N3O3/c13-9-2-1-5-15(7-9)12(18)14-10-4-3-8(6-10)11(16)17/h3-4,8-10H,1-2,5-7,13H2,(H,14,18)(H,16,17). The van der Waals surface area contributed by atoms with Crippen LogP contribution in [0.25, 0.3) is 0 Å². The Labute approximate surface area is 106 Å². The fraction of sp³-hybridized carbons (Fsp3) is 0.667. The van der Waals surface area contributed by atoms with Gasteiger partial charge in [0, 0.05) is 19.1 Å². The average Bonchev–Trinajstić information content (AvgIpc) is 2.77. The van der Waals surface area contributed by atoms with Gasteiger partial charge in [-0.1, -0.05) is 12.2 Å². The minimum atomic E-state index is -0.844.